The van der Waals surface area contributed by atoms with Crippen molar-refractivity contribution in [3.63, 3.8) is 0 Å². The quantitative estimate of drug-likeness (QED) is 0.445. The van der Waals surface area contributed by atoms with Crippen molar-refractivity contribution < 1.29 is 19.1 Å². The number of esters is 1. The zero-order valence-electron chi connectivity index (χ0n) is 7.99. The number of carbonyl (C=O) groups excluding carboxylic acids is 3. The van der Waals surface area contributed by atoms with Crippen LogP contribution in [0.4, 0.5) is 0 Å². The van der Waals surface area contributed by atoms with Crippen LogP contribution >= 0.6 is 0 Å². The van der Waals surface area contributed by atoms with Crippen molar-refractivity contribution in [2.24, 2.45) is 0 Å². The van der Waals surface area contributed by atoms with Gasteiger partial charge >= 0.3 is 11.9 Å². The number of hydrogen-bond acceptors (Lipinski definition) is 4. The Morgan fingerprint density at radius 1 is 1.31 bits per heavy atom. The smallest absolute Gasteiger partial charge is 0.396 e. The molecule has 0 atom stereocenters. The number of hydrogen-bond donors (Lipinski definition) is 0. The molecule has 0 radical (unpaired) electrons. The van der Waals surface area contributed by atoms with Crippen molar-refractivity contribution in [1.82, 2.24) is 4.90 Å². The first-order chi connectivity index (χ1) is 6.02. The normalized spacial score (nSPS) is 9.15. The van der Waals surface area contributed by atoms with Gasteiger partial charge in [0.25, 0.3) is 0 Å². The Bertz CT molecular complexity index is 224. The molecular weight excluding hydrogens is 174 g/mol. The van der Waals surface area contributed by atoms with Crippen molar-refractivity contribution in [1.29, 1.82) is 0 Å². The van der Waals surface area contributed by atoms with Gasteiger partial charge in [-0.05, 0) is 13.8 Å². The number of nitrogens with zero attached hydrogens (tertiary/aromatic N) is 1. The van der Waals surface area contributed by atoms with Gasteiger partial charge in [0.05, 0.1) is 13.7 Å². The molecule has 0 aliphatic heterocycles. The van der Waals surface area contributed by atoms with Gasteiger partial charge in [-0.3, -0.25) is 9.59 Å². The molecule has 0 rings (SSSR count). The van der Waals surface area contributed by atoms with E-state index in [2.05, 4.69) is 4.74 Å². The Morgan fingerprint density at radius 2 is 1.85 bits per heavy atom. The van der Waals surface area contributed by atoms with Gasteiger partial charge in [0.1, 0.15) is 5.78 Å². The highest BCUT2D eigenvalue weighted by molar-refractivity contribution is 6.32. The fourth-order valence-electron chi connectivity index (χ4n) is 0.812. The summed E-state index contributed by atoms with van der Waals surface area (Å²) in [6.07, 6.45) is 0. The molecule has 0 bridgehead atoms. The van der Waals surface area contributed by atoms with Crippen molar-refractivity contribution in [2.45, 2.75) is 13.8 Å². The molecule has 0 spiro atoms. The average molecular weight is 187 g/mol. The van der Waals surface area contributed by atoms with Gasteiger partial charge in [0, 0.05) is 6.54 Å². The van der Waals surface area contributed by atoms with Crippen molar-refractivity contribution >= 4 is 17.7 Å². The second-order valence-corrected chi connectivity index (χ2v) is 2.51. The molecule has 0 fully saturated rings. The highest BCUT2D eigenvalue weighted by Crippen LogP contribution is 1.92. The number of amides is 1. The van der Waals surface area contributed by atoms with Gasteiger partial charge in [0.2, 0.25) is 0 Å². The predicted molar refractivity (Wildman–Crippen MR) is 45.0 cm³/mol. The molecule has 5 heteroatoms. The Morgan fingerprint density at radius 3 is 2.15 bits per heavy atom. The maximum absolute atomic E-state index is 11.1. The molecule has 0 aliphatic rings. The van der Waals surface area contributed by atoms with Crippen LogP contribution < -0.4 is 0 Å². The Hall–Kier alpha value is -1.39. The van der Waals surface area contributed by atoms with Gasteiger partial charge in [-0.15, -0.1) is 0 Å². The van der Waals surface area contributed by atoms with E-state index in [-0.39, 0.29) is 12.3 Å². The fraction of sp³-hybridized carbons (Fsp3) is 0.625. The van der Waals surface area contributed by atoms with Gasteiger partial charge in [0.15, 0.2) is 0 Å². The standard InChI is InChI=1S/C8H13NO4/c1-4-9(5-6(2)10)7(11)8(12)13-3/h4-5H2,1-3H3. The Balaban J connectivity index is 4.31. The first-order valence-corrected chi connectivity index (χ1v) is 3.89. The lowest BCUT2D eigenvalue weighted by atomic mass is 10.3. The molecule has 0 N–H and O–H groups in total. The molecule has 0 saturated carbocycles. The summed E-state index contributed by atoms with van der Waals surface area (Å²) >= 11 is 0. The van der Waals surface area contributed by atoms with E-state index in [1.54, 1.807) is 6.92 Å². The van der Waals surface area contributed by atoms with Crippen LogP contribution in [0.15, 0.2) is 0 Å². The van der Waals surface area contributed by atoms with Crippen molar-refractivity contribution in [3.8, 4) is 0 Å². The van der Waals surface area contributed by atoms with Crippen LogP contribution in [0.3, 0.4) is 0 Å². The van der Waals surface area contributed by atoms with Crippen LogP contribution in [0.1, 0.15) is 13.8 Å². The third-order valence-corrected chi connectivity index (χ3v) is 1.44. The Kier molecular flexibility index (Phi) is 4.72. The van der Waals surface area contributed by atoms with Gasteiger partial charge in [-0.2, -0.15) is 0 Å². The Labute approximate surface area is 76.7 Å². The topological polar surface area (TPSA) is 63.7 Å². The second kappa shape index (κ2) is 5.29. The average Bonchev–Trinajstić information content (AvgIpc) is 2.11. The van der Waals surface area contributed by atoms with E-state index in [1.165, 1.54) is 6.92 Å². The van der Waals surface area contributed by atoms with Crippen LogP contribution in [0.25, 0.3) is 0 Å². The van der Waals surface area contributed by atoms with E-state index in [4.69, 9.17) is 0 Å². The maximum atomic E-state index is 11.1. The third-order valence-electron chi connectivity index (χ3n) is 1.44. The lowest BCUT2D eigenvalue weighted by Gasteiger charge is -2.16. The highest BCUT2D eigenvalue weighted by Gasteiger charge is 2.21. The molecule has 0 aromatic carbocycles. The summed E-state index contributed by atoms with van der Waals surface area (Å²) in [6, 6.07) is 0. The van der Waals surface area contributed by atoms with Crippen LogP contribution in [0, 0.1) is 0 Å². The van der Waals surface area contributed by atoms with Crippen molar-refractivity contribution in [2.75, 3.05) is 20.2 Å². The third kappa shape index (κ3) is 3.68. The number of rotatable bonds is 3. The summed E-state index contributed by atoms with van der Waals surface area (Å²) in [4.78, 5) is 33.7. The zero-order valence-corrected chi connectivity index (χ0v) is 7.99. The molecule has 74 valence electrons. The van der Waals surface area contributed by atoms with Gasteiger partial charge < -0.3 is 9.64 Å². The zero-order chi connectivity index (χ0) is 10.4. The fourth-order valence-corrected chi connectivity index (χ4v) is 0.812. The number of likely N-dealkylation sites (N-methyl/N-ethyl adjacent to an activating group) is 1. The van der Waals surface area contributed by atoms with E-state index < -0.39 is 11.9 Å². The van der Waals surface area contributed by atoms with Gasteiger partial charge in [-0.25, -0.2) is 4.79 Å². The monoisotopic (exact) mass is 187 g/mol. The van der Waals surface area contributed by atoms with Crippen molar-refractivity contribution in [3.05, 3.63) is 0 Å². The SMILES string of the molecule is CCN(CC(C)=O)C(=O)C(=O)OC. The first kappa shape index (κ1) is 11.6. The minimum Gasteiger partial charge on any atom is -0.462 e. The first-order valence-electron chi connectivity index (χ1n) is 3.89. The second-order valence-electron chi connectivity index (χ2n) is 2.51. The summed E-state index contributed by atoms with van der Waals surface area (Å²) in [5.41, 5.74) is 0. The lowest BCUT2D eigenvalue weighted by Crippen LogP contribution is -2.39. The van der Waals surface area contributed by atoms with E-state index in [1.807, 2.05) is 0 Å². The molecule has 0 aromatic rings. The van der Waals surface area contributed by atoms with E-state index >= 15 is 0 Å². The van der Waals surface area contributed by atoms with Gasteiger partial charge in [-0.1, -0.05) is 0 Å². The summed E-state index contributed by atoms with van der Waals surface area (Å²) in [5, 5.41) is 0. The summed E-state index contributed by atoms with van der Waals surface area (Å²) in [5.74, 6) is -1.89. The lowest BCUT2D eigenvalue weighted by molar-refractivity contribution is -0.158. The molecule has 0 heterocycles. The molecule has 0 aromatic heterocycles. The summed E-state index contributed by atoms with van der Waals surface area (Å²) in [7, 11) is 1.13. The molecular formula is C8H13NO4. The maximum Gasteiger partial charge on any atom is 0.396 e. The van der Waals surface area contributed by atoms with E-state index in [9.17, 15) is 14.4 Å². The largest absolute Gasteiger partial charge is 0.462 e. The molecule has 5 nitrogen and oxygen atoms in total. The molecule has 13 heavy (non-hydrogen) atoms. The summed E-state index contributed by atoms with van der Waals surface area (Å²) in [6.45, 7) is 3.30. The minimum absolute atomic E-state index is 0.0512. The highest BCUT2D eigenvalue weighted by atomic mass is 16.5. The molecule has 0 saturated heterocycles. The van der Waals surface area contributed by atoms with E-state index in [0.29, 0.717) is 6.54 Å². The van der Waals surface area contributed by atoms with Crippen LogP contribution in [0.2, 0.25) is 0 Å². The van der Waals surface area contributed by atoms with Crippen LogP contribution in [0.5, 0.6) is 0 Å². The predicted octanol–water partition coefficient (Wildman–Crippen LogP) is -0.403. The molecule has 0 aliphatic carbocycles. The van der Waals surface area contributed by atoms with Crippen LogP contribution in [-0.2, 0) is 19.1 Å². The van der Waals surface area contributed by atoms with Crippen LogP contribution in [-0.4, -0.2) is 42.8 Å². The van der Waals surface area contributed by atoms with E-state index in [0.717, 1.165) is 12.0 Å². The number of methoxy groups -OCH3 is 1. The number of ketones is 1. The number of ether oxygens (including phenoxy) is 1. The number of Topliss-reactive ketones (excluding diaryl/α,β-unsaturated/α-hetero) is 1. The number of carbonyl (C=O) groups is 3. The summed E-state index contributed by atoms with van der Waals surface area (Å²) < 4.78 is 4.23. The molecule has 0 unspecified atom stereocenters. The minimum atomic E-state index is -0.942. The molecule has 1 amide bonds.